The van der Waals surface area contributed by atoms with Gasteiger partial charge in [-0.05, 0) is 38.1 Å². The van der Waals surface area contributed by atoms with Gasteiger partial charge in [-0.3, -0.25) is 0 Å². The lowest BCUT2D eigenvalue weighted by atomic mass is 10.1. The summed E-state index contributed by atoms with van der Waals surface area (Å²) in [6.45, 7) is 7.52. The largest absolute Gasteiger partial charge is 0.493 e. The highest BCUT2D eigenvalue weighted by atomic mass is 35.5. The Kier molecular flexibility index (Phi) is 5.49. The fourth-order valence-electron chi connectivity index (χ4n) is 2.33. The standard InChI is InChI=1S/C15H22ClNO2/c1-3-17-11(2)14-8-13(16)4-5-15(14)19-10-12-6-7-18-9-12/h4-5,8,11-12,17H,3,6-7,9-10H2,1-2H3. The van der Waals surface area contributed by atoms with E-state index in [0.717, 1.165) is 42.5 Å². The van der Waals surface area contributed by atoms with E-state index >= 15 is 0 Å². The van der Waals surface area contributed by atoms with Crippen LogP contribution < -0.4 is 10.1 Å². The molecule has 0 saturated carbocycles. The summed E-state index contributed by atoms with van der Waals surface area (Å²) in [5, 5.41) is 4.14. The Morgan fingerprint density at radius 2 is 2.37 bits per heavy atom. The summed E-state index contributed by atoms with van der Waals surface area (Å²) in [5.41, 5.74) is 1.12. The molecule has 1 aromatic rings. The molecule has 1 saturated heterocycles. The van der Waals surface area contributed by atoms with Gasteiger partial charge >= 0.3 is 0 Å². The van der Waals surface area contributed by atoms with Crippen LogP contribution in [0.3, 0.4) is 0 Å². The van der Waals surface area contributed by atoms with Crippen molar-refractivity contribution in [2.75, 3.05) is 26.4 Å². The van der Waals surface area contributed by atoms with Gasteiger partial charge in [-0.15, -0.1) is 0 Å². The average Bonchev–Trinajstić information content (AvgIpc) is 2.90. The van der Waals surface area contributed by atoms with E-state index in [2.05, 4.69) is 19.2 Å². The maximum absolute atomic E-state index is 6.08. The minimum absolute atomic E-state index is 0.235. The van der Waals surface area contributed by atoms with Gasteiger partial charge in [0.1, 0.15) is 5.75 Å². The molecule has 1 heterocycles. The van der Waals surface area contributed by atoms with Crippen molar-refractivity contribution in [2.24, 2.45) is 5.92 Å². The minimum Gasteiger partial charge on any atom is -0.493 e. The number of nitrogens with one attached hydrogen (secondary N) is 1. The number of benzene rings is 1. The fraction of sp³-hybridized carbons (Fsp3) is 0.600. The maximum Gasteiger partial charge on any atom is 0.124 e. The minimum atomic E-state index is 0.235. The molecule has 2 atom stereocenters. The molecule has 1 aromatic carbocycles. The molecule has 2 rings (SSSR count). The molecule has 106 valence electrons. The van der Waals surface area contributed by atoms with E-state index in [4.69, 9.17) is 21.1 Å². The second-order valence-electron chi connectivity index (χ2n) is 5.00. The Balaban J connectivity index is 2.04. The molecule has 4 heteroatoms. The van der Waals surface area contributed by atoms with E-state index in [9.17, 15) is 0 Å². The van der Waals surface area contributed by atoms with Gasteiger partial charge in [0.15, 0.2) is 0 Å². The zero-order chi connectivity index (χ0) is 13.7. The first-order chi connectivity index (χ1) is 9.20. The summed E-state index contributed by atoms with van der Waals surface area (Å²) in [7, 11) is 0. The Labute approximate surface area is 120 Å². The van der Waals surface area contributed by atoms with Crippen LogP contribution >= 0.6 is 11.6 Å². The lowest BCUT2D eigenvalue weighted by molar-refractivity contribution is 0.166. The van der Waals surface area contributed by atoms with E-state index in [1.165, 1.54) is 0 Å². The van der Waals surface area contributed by atoms with Crippen molar-refractivity contribution in [2.45, 2.75) is 26.3 Å². The van der Waals surface area contributed by atoms with Gasteiger partial charge in [0.05, 0.1) is 13.2 Å². The SMILES string of the molecule is CCNC(C)c1cc(Cl)ccc1OCC1CCOC1. The molecule has 3 nitrogen and oxygen atoms in total. The topological polar surface area (TPSA) is 30.5 Å². The molecule has 1 aliphatic rings. The molecule has 0 amide bonds. The number of hydrogen-bond donors (Lipinski definition) is 1. The molecule has 0 aliphatic carbocycles. The quantitative estimate of drug-likeness (QED) is 0.868. The first-order valence-corrected chi connectivity index (χ1v) is 7.32. The highest BCUT2D eigenvalue weighted by Gasteiger charge is 2.18. The summed E-state index contributed by atoms with van der Waals surface area (Å²) >= 11 is 6.08. The first-order valence-electron chi connectivity index (χ1n) is 6.94. The molecule has 0 aromatic heterocycles. The summed E-state index contributed by atoms with van der Waals surface area (Å²) in [5.74, 6) is 1.43. The van der Waals surface area contributed by atoms with Crippen molar-refractivity contribution in [1.82, 2.24) is 5.32 Å². The second-order valence-corrected chi connectivity index (χ2v) is 5.44. The van der Waals surface area contributed by atoms with E-state index < -0.39 is 0 Å². The summed E-state index contributed by atoms with van der Waals surface area (Å²) in [4.78, 5) is 0. The van der Waals surface area contributed by atoms with Crippen LogP contribution in [0, 0.1) is 5.92 Å². The van der Waals surface area contributed by atoms with Gasteiger partial charge < -0.3 is 14.8 Å². The van der Waals surface area contributed by atoms with E-state index in [0.29, 0.717) is 12.5 Å². The van der Waals surface area contributed by atoms with Crippen LogP contribution in [-0.4, -0.2) is 26.4 Å². The molecule has 2 unspecified atom stereocenters. The van der Waals surface area contributed by atoms with Gasteiger partial charge in [0, 0.05) is 29.2 Å². The van der Waals surface area contributed by atoms with Crippen LogP contribution in [0.5, 0.6) is 5.75 Å². The second kappa shape index (κ2) is 7.13. The van der Waals surface area contributed by atoms with E-state index in [1.54, 1.807) is 0 Å². The van der Waals surface area contributed by atoms with Crippen LogP contribution in [0.15, 0.2) is 18.2 Å². The van der Waals surface area contributed by atoms with Crippen LogP contribution in [0.1, 0.15) is 31.9 Å². The summed E-state index contributed by atoms with van der Waals surface area (Å²) in [6, 6.07) is 6.06. The predicted octanol–water partition coefficient (Wildman–Crippen LogP) is 3.43. The molecule has 1 N–H and O–H groups in total. The smallest absolute Gasteiger partial charge is 0.124 e. The highest BCUT2D eigenvalue weighted by Crippen LogP contribution is 2.29. The molecule has 0 spiro atoms. The highest BCUT2D eigenvalue weighted by molar-refractivity contribution is 6.30. The van der Waals surface area contributed by atoms with Crippen molar-refractivity contribution in [3.05, 3.63) is 28.8 Å². The van der Waals surface area contributed by atoms with Crippen LogP contribution in [-0.2, 0) is 4.74 Å². The van der Waals surface area contributed by atoms with Crippen molar-refractivity contribution in [3.8, 4) is 5.75 Å². The maximum atomic E-state index is 6.08. The third-order valence-corrected chi connectivity index (χ3v) is 3.68. The molecule has 0 bridgehead atoms. The van der Waals surface area contributed by atoms with Gasteiger partial charge in [-0.1, -0.05) is 18.5 Å². The lowest BCUT2D eigenvalue weighted by Gasteiger charge is -2.19. The predicted molar refractivity (Wildman–Crippen MR) is 78.0 cm³/mol. The average molecular weight is 284 g/mol. The van der Waals surface area contributed by atoms with E-state index in [1.807, 2.05) is 18.2 Å². The Bertz CT molecular complexity index is 405. The van der Waals surface area contributed by atoms with Crippen molar-refractivity contribution in [1.29, 1.82) is 0 Å². The van der Waals surface area contributed by atoms with Crippen LogP contribution in [0.2, 0.25) is 5.02 Å². The number of ether oxygens (including phenoxy) is 2. The number of halogens is 1. The fourth-order valence-corrected chi connectivity index (χ4v) is 2.51. The zero-order valence-corrected chi connectivity index (χ0v) is 12.4. The molecule has 0 radical (unpaired) electrons. The monoisotopic (exact) mass is 283 g/mol. The number of hydrogen-bond acceptors (Lipinski definition) is 3. The van der Waals surface area contributed by atoms with E-state index in [-0.39, 0.29) is 6.04 Å². The van der Waals surface area contributed by atoms with Crippen molar-refractivity contribution in [3.63, 3.8) is 0 Å². The summed E-state index contributed by atoms with van der Waals surface area (Å²) in [6.07, 6.45) is 1.09. The van der Waals surface area contributed by atoms with Gasteiger partial charge in [0.2, 0.25) is 0 Å². The number of rotatable bonds is 6. The molecular weight excluding hydrogens is 262 g/mol. The molecule has 19 heavy (non-hydrogen) atoms. The van der Waals surface area contributed by atoms with Crippen LogP contribution in [0.25, 0.3) is 0 Å². The zero-order valence-electron chi connectivity index (χ0n) is 11.6. The van der Waals surface area contributed by atoms with Crippen molar-refractivity contribution < 1.29 is 9.47 Å². The molecular formula is C15H22ClNO2. The Hall–Kier alpha value is -0.770. The van der Waals surface area contributed by atoms with Gasteiger partial charge in [-0.2, -0.15) is 0 Å². The third-order valence-electron chi connectivity index (χ3n) is 3.45. The Morgan fingerprint density at radius 3 is 3.05 bits per heavy atom. The summed E-state index contributed by atoms with van der Waals surface area (Å²) < 4.78 is 11.3. The first kappa shape index (κ1) is 14.6. The Morgan fingerprint density at radius 1 is 1.53 bits per heavy atom. The van der Waals surface area contributed by atoms with Crippen molar-refractivity contribution >= 4 is 11.6 Å². The van der Waals surface area contributed by atoms with Gasteiger partial charge in [-0.25, -0.2) is 0 Å². The van der Waals surface area contributed by atoms with Crippen LogP contribution in [0.4, 0.5) is 0 Å². The normalized spacial score (nSPS) is 20.5. The molecule has 1 fully saturated rings. The lowest BCUT2D eigenvalue weighted by Crippen LogP contribution is -2.19. The molecule has 1 aliphatic heterocycles. The third kappa shape index (κ3) is 4.10. The van der Waals surface area contributed by atoms with Gasteiger partial charge in [0.25, 0.3) is 0 Å².